The predicted molar refractivity (Wildman–Crippen MR) is 137 cm³/mol. The van der Waals surface area contributed by atoms with E-state index in [-0.39, 0.29) is 29.5 Å². The van der Waals surface area contributed by atoms with Crippen molar-refractivity contribution in [3.8, 4) is 17.2 Å². The Balaban J connectivity index is 1.48. The fraction of sp³-hybridized carbons (Fsp3) is 0.115. The van der Waals surface area contributed by atoms with Crippen LogP contribution in [0.15, 0.2) is 71.1 Å². The molecule has 1 aromatic heterocycles. The third-order valence-corrected chi connectivity index (χ3v) is 5.85. The Bertz CT molecular complexity index is 1430. The van der Waals surface area contributed by atoms with Crippen LogP contribution < -0.4 is 14.8 Å². The largest absolute Gasteiger partial charge is 0.484 e. The predicted octanol–water partition coefficient (Wildman–Crippen LogP) is 7.74. The molecular weight excluding hydrogens is 507 g/mol. The number of benzene rings is 3. The number of nitro groups is 1. The first-order valence-electron chi connectivity index (χ1n) is 10.7. The van der Waals surface area contributed by atoms with Gasteiger partial charge in [-0.1, -0.05) is 35.3 Å². The first kappa shape index (κ1) is 25.1. The van der Waals surface area contributed by atoms with Gasteiger partial charge in [-0.25, -0.2) is 0 Å². The van der Waals surface area contributed by atoms with Gasteiger partial charge in [0.25, 0.3) is 11.6 Å². The van der Waals surface area contributed by atoms with Gasteiger partial charge >= 0.3 is 0 Å². The Morgan fingerprint density at radius 3 is 2.50 bits per heavy atom. The highest BCUT2D eigenvalue weighted by molar-refractivity contribution is 6.32. The Labute approximate surface area is 216 Å². The van der Waals surface area contributed by atoms with Gasteiger partial charge < -0.3 is 19.2 Å². The molecule has 0 saturated carbocycles. The van der Waals surface area contributed by atoms with Crippen LogP contribution in [0.5, 0.6) is 17.2 Å². The fourth-order valence-corrected chi connectivity index (χ4v) is 3.74. The maximum atomic E-state index is 12.8. The fourth-order valence-electron chi connectivity index (χ4n) is 3.35. The van der Waals surface area contributed by atoms with Crippen molar-refractivity contribution in [3.63, 3.8) is 0 Å². The summed E-state index contributed by atoms with van der Waals surface area (Å²) in [4.78, 5) is 23.6. The number of para-hydroxylation sites is 1. The van der Waals surface area contributed by atoms with E-state index in [1.165, 1.54) is 24.3 Å². The molecule has 0 radical (unpaired) electrons. The zero-order valence-electron chi connectivity index (χ0n) is 19.2. The molecule has 1 N–H and O–H groups in total. The number of furan rings is 1. The van der Waals surface area contributed by atoms with Gasteiger partial charge in [-0.05, 0) is 61.4 Å². The summed E-state index contributed by atoms with van der Waals surface area (Å²) in [5.74, 6) is 0.960. The van der Waals surface area contributed by atoms with Gasteiger partial charge in [-0.2, -0.15) is 0 Å². The molecule has 0 spiro atoms. The second-order valence-electron chi connectivity index (χ2n) is 7.88. The van der Waals surface area contributed by atoms with E-state index in [2.05, 4.69) is 5.32 Å². The molecule has 3 aromatic carbocycles. The lowest BCUT2D eigenvalue weighted by atomic mass is 10.2. The van der Waals surface area contributed by atoms with Gasteiger partial charge in [0.05, 0.1) is 21.7 Å². The van der Waals surface area contributed by atoms with E-state index in [0.717, 1.165) is 11.1 Å². The average Bonchev–Trinajstić information content (AvgIpc) is 3.30. The molecule has 0 aliphatic heterocycles. The number of rotatable bonds is 8. The molecule has 8 nitrogen and oxygen atoms in total. The molecule has 0 atom stereocenters. The summed E-state index contributed by atoms with van der Waals surface area (Å²) in [6.45, 7) is 3.74. The molecule has 0 bridgehead atoms. The Kier molecular flexibility index (Phi) is 7.47. The Morgan fingerprint density at radius 1 is 0.972 bits per heavy atom. The number of nitro benzene ring substituents is 1. The van der Waals surface area contributed by atoms with Crippen LogP contribution >= 0.6 is 23.2 Å². The van der Waals surface area contributed by atoms with Crippen molar-refractivity contribution in [2.75, 3.05) is 5.32 Å². The third-order valence-electron chi connectivity index (χ3n) is 5.13. The highest BCUT2D eigenvalue weighted by Gasteiger charge is 2.17. The zero-order chi connectivity index (χ0) is 25.8. The molecule has 4 aromatic rings. The van der Waals surface area contributed by atoms with Crippen molar-refractivity contribution >= 4 is 40.5 Å². The Hall–Kier alpha value is -4.01. The third kappa shape index (κ3) is 5.97. The molecule has 0 saturated heterocycles. The summed E-state index contributed by atoms with van der Waals surface area (Å²) in [5, 5.41) is 15.1. The number of nitrogens with zero attached hydrogens (tertiary/aromatic N) is 1. The van der Waals surface area contributed by atoms with Crippen molar-refractivity contribution in [1.29, 1.82) is 0 Å². The number of aryl methyl sites for hydroxylation is 2. The lowest BCUT2D eigenvalue weighted by Gasteiger charge is -2.10. The van der Waals surface area contributed by atoms with Crippen molar-refractivity contribution < 1.29 is 23.6 Å². The van der Waals surface area contributed by atoms with Gasteiger partial charge in [0.15, 0.2) is 5.76 Å². The first-order valence-corrected chi connectivity index (χ1v) is 11.5. The number of hydrogen-bond acceptors (Lipinski definition) is 6. The topological polar surface area (TPSA) is 104 Å². The Morgan fingerprint density at radius 2 is 1.78 bits per heavy atom. The van der Waals surface area contributed by atoms with Crippen molar-refractivity contribution in [2.45, 2.75) is 20.5 Å². The van der Waals surface area contributed by atoms with Gasteiger partial charge in [-0.15, -0.1) is 0 Å². The van der Waals surface area contributed by atoms with E-state index >= 15 is 0 Å². The molecule has 1 heterocycles. The summed E-state index contributed by atoms with van der Waals surface area (Å²) in [6, 6.07) is 17.5. The van der Waals surface area contributed by atoms with E-state index in [1.807, 2.05) is 26.0 Å². The smallest absolute Gasteiger partial charge is 0.291 e. The van der Waals surface area contributed by atoms with E-state index in [1.54, 1.807) is 30.3 Å². The highest BCUT2D eigenvalue weighted by Crippen LogP contribution is 2.32. The standard InChI is InChI=1S/C26H20Cl2N2O6/c1-15-4-3-5-23(28)25(15)34-14-20-7-9-24(36-20)26(31)29-17-11-18(30(32)33)13-21(12-17)35-19-6-8-22(27)16(2)10-19/h3-13H,14H2,1-2H3,(H,29,31). The maximum Gasteiger partial charge on any atom is 0.291 e. The number of hydrogen-bond donors (Lipinski definition) is 1. The summed E-state index contributed by atoms with van der Waals surface area (Å²) < 4.78 is 17.1. The minimum Gasteiger partial charge on any atom is -0.484 e. The van der Waals surface area contributed by atoms with Crippen LogP contribution in [0, 0.1) is 24.0 Å². The number of non-ortho nitro benzene ring substituents is 1. The molecule has 0 fully saturated rings. The van der Waals surface area contributed by atoms with Crippen LogP contribution in [0.2, 0.25) is 10.0 Å². The average molecular weight is 527 g/mol. The van der Waals surface area contributed by atoms with Crippen LogP contribution in [0.25, 0.3) is 0 Å². The molecule has 184 valence electrons. The SMILES string of the molecule is Cc1cc(Oc2cc(NC(=O)c3ccc(COc4c(C)cccc4Cl)o3)cc([N+](=O)[O-])c2)ccc1Cl. The van der Waals surface area contributed by atoms with Gasteiger partial charge in [0, 0.05) is 17.2 Å². The molecule has 1 amide bonds. The number of ether oxygens (including phenoxy) is 2. The van der Waals surface area contributed by atoms with Crippen molar-refractivity contribution in [1.82, 2.24) is 0 Å². The molecule has 4 rings (SSSR count). The van der Waals surface area contributed by atoms with Crippen molar-refractivity contribution in [3.05, 3.63) is 110 Å². The van der Waals surface area contributed by atoms with E-state index < -0.39 is 10.8 Å². The van der Waals surface area contributed by atoms with Crippen LogP contribution in [0.1, 0.15) is 27.4 Å². The minimum absolute atomic E-state index is 0.00628. The molecule has 36 heavy (non-hydrogen) atoms. The maximum absolute atomic E-state index is 12.8. The van der Waals surface area contributed by atoms with Crippen LogP contribution in [0.4, 0.5) is 11.4 Å². The van der Waals surface area contributed by atoms with Crippen LogP contribution in [0.3, 0.4) is 0 Å². The summed E-state index contributed by atoms with van der Waals surface area (Å²) >= 11 is 12.2. The van der Waals surface area contributed by atoms with Crippen molar-refractivity contribution in [2.24, 2.45) is 0 Å². The van der Waals surface area contributed by atoms with E-state index in [4.69, 9.17) is 37.1 Å². The number of anilines is 1. The van der Waals surface area contributed by atoms with Gasteiger partial charge in [-0.3, -0.25) is 14.9 Å². The van der Waals surface area contributed by atoms with Gasteiger partial charge in [0.1, 0.15) is 29.6 Å². The first-order chi connectivity index (χ1) is 17.2. The second-order valence-corrected chi connectivity index (χ2v) is 8.69. The van der Waals surface area contributed by atoms with E-state index in [0.29, 0.717) is 27.3 Å². The molecule has 0 aliphatic carbocycles. The highest BCUT2D eigenvalue weighted by atomic mass is 35.5. The number of carbonyl (C=O) groups excluding carboxylic acids is 1. The summed E-state index contributed by atoms with van der Waals surface area (Å²) in [7, 11) is 0. The number of amides is 1. The molecule has 0 unspecified atom stereocenters. The second kappa shape index (κ2) is 10.7. The zero-order valence-corrected chi connectivity index (χ0v) is 20.7. The van der Waals surface area contributed by atoms with E-state index in [9.17, 15) is 14.9 Å². The lowest BCUT2D eigenvalue weighted by molar-refractivity contribution is -0.384. The molecule has 10 heteroatoms. The normalized spacial score (nSPS) is 10.7. The quantitative estimate of drug-likeness (QED) is 0.186. The van der Waals surface area contributed by atoms with Crippen LogP contribution in [-0.2, 0) is 6.61 Å². The lowest BCUT2D eigenvalue weighted by Crippen LogP contribution is -2.11. The summed E-state index contributed by atoms with van der Waals surface area (Å²) in [5.41, 5.74) is 1.56. The molecule has 0 aliphatic rings. The summed E-state index contributed by atoms with van der Waals surface area (Å²) in [6.07, 6.45) is 0. The number of nitrogens with one attached hydrogen (secondary N) is 1. The van der Waals surface area contributed by atoms with Crippen LogP contribution in [-0.4, -0.2) is 10.8 Å². The monoisotopic (exact) mass is 526 g/mol. The minimum atomic E-state index is -0.594. The number of carbonyl (C=O) groups is 1. The van der Waals surface area contributed by atoms with Gasteiger partial charge in [0.2, 0.25) is 0 Å². The number of halogens is 2. The molecular formula is C26H20Cl2N2O6.